The first-order valence-electron chi connectivity index (χ1n) is 9.39. The smallest absolute Gasteiger partial charge is 0.229 e. The largest absolute Gasteiger partial charge is 0.326 e. The average Bonchev–Trinajstić information content (AvgIpc) is 2.99. The molecule has 150 valence electrons. The van der Waals surface area contributed by atoms with Crippen LogP contribution in [0.25, 0.3) is 0 Å². The van der Waals surface area contributed by atoms with Crippen LogP contribution in [0.1, 0.15) is 38.7 Å². The van der Waals surface area contributed by atoms with Crippen molar-refractivity contribution < 1.29 is 4.79 Å². The molecule has 1 aliphatic heterocycles. The standard InChI is InChI=1S/C22H25Cl3N2O/c1-22(2,3)11-18-19(21(28)27-14-7-4-6-13(23)10-14)16(12-26-18)15-8-5-9-17(24)20(15)25/h4-10,16,18-19,26H,11-12H2,1-3H3,(H,27,28). The number of nitrogens with one attached hydrogen (secondary N) is 2. The minimum Gasteiger partial charge on any atom is -0.326 e. The Balaban J connectivity index is 1.93. The fourth-order valence-corrected chi connectivity index (χ4v) is 4.58. The Labute approximate surface area is 181 Å². The van der Waals surface area contributed by atoms with Gasteiger partial charge >= 0.3 is 0 Å². The summed E-state index contributed by atoms with van der Waals surface area (Å²) in [6, 6.07) is 12.8. The molecule has 1 heterocycles. The van der Waals surface area contributed by atoms with Gasteiger partial charge in [0.15, 0.2) is 0 Å². The fraction of sp³-hybridized carbons (Fsp3) is 0.409. The monoisotopic (exact) mass is 438 g/mol. The molecule has 1 fully saturated rings. The Morgan fingerprint density at radius 1 is 1.14 bits per heavy atom. The Kier molecular flexibility index (Phi) is 6.61. The highest BCUT2D eigenvalue weighted by Gasteiger charge is 2.43. The molecule has 1 saturated heterocycles. The van der Waals surface area contributed by atoms with Crippen LogP contribution >= 0.6 is 34.8 Å². The second-order valence-electron chi connectivity index (χ2n) is 8.55. The van der Waals surface area contributed by atoms with Gasteiger partial charge in [-0.15, -0.1) is 0 Å². The van der Waals surface area contributed by atoms with E-state index in [0.29, 0.717) is 27.3 Å². The molecule has 3 nitrogen and oxygen atoms in total. The van der Waals surface area contributed by atoms with E-state index in [1.807, 2.05) is 24.3 Å². The summed E-state index contributed by atoms with van der Waals surface area (Å²) in [6.07, 6.45) is 0.870. The molecule has 1 aliphatic rings. The molecule has 0 bridgehead atoms. The predicted molar refractivity (Wildman–Crippen MR) is 119 cm³/mol. The van der Waals surface area contributed by atoms with E-state index in [-0.39, 0.29) is 29.2 Å². The molecule has 28 heavy (non-hydrogen) atoms. The lowest BCUT2D eigenvalue weighted by molar-refractivity contribution is -0.120. The molecule has 2 aromatic rings. The summed E-state index contributed by atoms with van der Waals surface area (Å²) in [6.45, 7) is 7.22. The minimum atomic E-state index is -0.269. The molecular formula is C22H25Cl3N2O. The summed E-state index contributed by atoms with van der Waals surface area (Å²) in [5, 5.41) is 8.20. The van der Waals surface area contributed by atoms with Crippen molar-refractivity contribution in [3.63, 3.8) is 0 Å². The second-order valence-corrected chi connectivity index (χ2v) is 9.78. The van der Waals surface area contributed by atoms with E-state index in [2.05, 4.69) is 31.4 Å². The molecule has 3 rings (SSSR count). The van der Waals surface area contributed by atoms with Gasteiger partial charge in [0, 0.05) is 29.2 Å². The van der Waals surface area contributed by atoms with Gasteiger partial charge in [-0.05, 0) is 41.7 Å². The Bertz CT molecular complexity index is 863. The number of carbonyl (C=O) groups is 1. The van der Waals surface area contributed by atoms with Crippen LogP contribution in [0.15, 0.2) is 42.5 Å². The van der Waals surface area contributed by atoms with Crippen LogP contribution in [-0.2, 0) is 4.79 Å². The topological polar surface area (TPSA) is 41.1 Å². The van der Waals surface area contributed by atoms with Gasteiger partial charge in [0.2, 0.25) is 5.91 Å². The Morgan fingerprint density at radius 3 is 2.54 bits per heavy atom. The molecule has 0 saturated carbocycles. The third-order valence-corrected chi connectivity index (χ3v) is 6.14. The van der Waals surface area contributed by atoms with Crippen LogP contribution in [-0.4, -0.2) is 18.5 Å². The van der Waals surface area contributed by atoms with E-state index < -0.39 is 0 Å². The molecule has 3 unspecified atom stereocenters. The van der Waals surface area contributed by atoms with E-state index in [9.17, 15) is 4.79 Å². The van der Waals surface area contributed by atoms with Gasteiger partial charge in [0.1, 0.15) is 0 Å². The van der Waals surface area contributed by atoms with Crippen molar-refractivity contribution in [3.05, 3.63) is 63.1 Å². The van der Waals surface area contributed by atoms with Crippen molar-refractivity contribution in [2.75, 3.05) is 11.9 Å². The summed E-state index contributed by atoms with van der Waals surface area (Å²) in [4.78, 5) is 13.3. The van der Waals surface area contributed by atoms with Crippen molar-refractivity contribution in [3.8, 4) is 0 Å². The van der Waals surface area contributed by atoms with Crippen LogP contribution in [0.4, 0.5) is 5.69 Å². The normalized spacial score (nSPS) is 22.3. The highest BCUT2D eigenvalue weighted by Crippen LogP contribution is 2.41. The number of halogens is 3. The number of anilines is 1. The van der Waals surface area contributed by atoms with Crippen LogP contribution in [0, 0.1) is 11.3 Å². The van der Waals surface area contributed by atoms with Crippen molar-refractivity contribution in [1.29, 1.82) is 0 Å². The lowest BCUT2D eigenvalue weighted by Crippen LogP contribution is -2.38. The SMILES string of the molecule is CC(C)(C)CC1NCC(c2cccc(Cl)c2Cl)C1C(=O)Nc1cccc(Cl)c1. The van der Waals surface area contributed by atoms with Gasteiger partial charge in [-0.2, -0.15) is 0 Å². The number of carbonyl (C=O) groups excluding carboxylic acids is 1. The number of rotatable bonds is 4. The van der Waals surface area contributed by atoms with E-state index in [1.54, 1.807) is 18.2 Å². The molecule has 2 aromatic carbocycles. The van der Waals surface area contributed by atoms with Gasteiger partial charge in [-0.1, -0.05) is 73.8 Å². The van der Waals surface area contributed by atoms with E-state index in [4.69, 9.17) is 34.8 Å². The molecule has 0 aliphatic carbocycles. The van der Waals surface area contributed by atoms with E-state index in [1.165, 1.54) is 0 Å². The zero-order valence-electron chi connectivity index (χ0n) is 16.2. The first kappa shape index (κ1) is 21.4. The van der Waals surface area contributed by atoms with Gasteiger partial charge in [0.25, 0.3) is 0 Å². The predicted octanol–water partition coefficient (Wildman–Crippen LogP) is 6.39. The van der Waals surface area contributed by atoms with E-state index >= 15 is 0 Å². The lowest BCUT2D eigenvalue weighted by atomic mass is 9.78. The Hall–Kier alpha value is -1.26. The maximum absolute atomic E-state index is 13.3. The van der Waals surface area contributed by atoms with Crippen LogP contribution in [0.3, 0.4) is 0 Å². The van der Waals surface area contributed by atoms with Crippen molar-refractivity contribution in [2.45, 2.75) is 39.2 Å². The zero-order valence-corrected chi connectivity index (χ0v) is 18.5. The maximum atomic E-state index is 13.3. The quantitative estimate of drug-likeness (QED) is 0.579. The molecule has 1 amide bonds. The highest BCUT2D eigenvalue weighted by molar-refractivity contribution is 6.42. The summed E-state index contributed by atoms with van der Waals surface area (Å²) < 4.78 is 0. The number of amides is 1. The number of hydrogen-bond acceptors (Lipinski definition) is 2. The first-order valence-corrected chi connectivity index (χ1v) is 10.5. The highest BCUT2D eigenvalue weighted by atomic mass is 35.5. The third-order valence-electron chi connectivity index (χ3n) is 5.08. The first-order chi connectivity index (χ1) is 13.2. The Morgan fingerprint density at radius 2 is 1.86 bits per heavy atom. The molecular weight excluding hydrogens is 415 g/mol. The number of benzene rings is 2. The van der Waals surface area contributed by atoms with Crippen molar-refractivity contribution >= 4 is 46.4 Å². The summed E-state index contributed by atoms with van der Waals surface area (Å²) in [5.74, 6) is -0.366. The molecule has 0 radical (unpaired) electrons. The average molecular weight is 440 g/mol. The molecule has 0 spiro atoms. The third kappa shape index (κ3) is 5.01. The van der Waals surface area contributed by atoms with Gasteiger partial charge in [-0.25, -0.2) is 0 Å². The fourth-order valence-electron chi connectivity index (χ4n) is 3.94. The lowest BCUT2D eigenvalue weighted by Gasteiger charge is -2.29. The summed E-state index contributed by atoms with van der Waals surface area (Å²) in [5.41, 5.74) is 1.68. The summed E-state index contributed by atoms with van der Waals surface area (Å²) >= 11 is 18.8. The molecule has 6 heteroatoms. The molecule has 0 aromatic heterocycles. The minimum absolute atomic E-state index is 0.0393. The summed E-state index contributed by atoms with van der Waals surface area (Å²) in [7, 11) is 0. The van der Waals surface area contributed by atoms with Crippen LogP contribution in [0.5, 0.6) is 0 Å². The van der Waals surface area contributed by atoms with Crippen molar-refractivity contribution in [1.82, 2.24) is 5.32 Å². The van der Waals surface area contributed by atoms with Crippen molar-refractivity contribution in [2.24, 2.45) is 11.3 Å². The van der Waals surface area contributed by atoms with Gasteiger partial charge < -0.3 is 10.6 Å². The molecule has 3 atom stereocenters. The van der Waals surface area contributed by atoms with Crippen LogP contribution in [0.2, 0.25) is 15.1 Å². The second kappa shape index (κ2) is 8.62. The van der Waals surface area contributed by atoms with Gasteiger partial charge in [-0.3, -0.25) is 4.79 Å². The molecule has 2 N–H and O–H groups in total. The van der Waals surface area contributed by atoms with E-state index in [0.717, 1.165) is 12.0 Å². The zero-order chi connectivity index (χ0) is 20.5. The van der Waals surface area contributed by atoms with Gasteiger partial charge in [0.05, 0.1) is 16.0 Å². The maximum Gasteiger partial charge on any atom is 0.229 e. The number of hydrogen-bond donors (Lipinski definition) is 2. The van der Waals surface area contributed by atoms with Crippen LogP contribution < -0.4 is 10.6 Å².